The van der Waals surface area contributed by atoms with Crippen molar-refractivity contribution in [2.75, 3.05) is 11.1 Å². The molecule has 4 nitrogen and oxygen atoms in total. The van der Waals surface area contributed by atoms with Crippen LogP contribution >= 0.6 is 11.8 Å². The van der Waals surface area contributed by atoms with Crippen LogP contribution in [-0.2, 0) is 0 Å². The third kappa shape index (κ3) is 2.58. The largest absolute Gasteiger partial charge is 0.381 e. The van der Waals surface area contributed by atoms with Gasteiger partial charge in [0, 0.05) is 17.0 Å². The average Bonchev–Trinajstić information content (AvgIpc) is 3.02. The molecule has 6 heteroatoms. The minimum atomic E-state index is -0.297. The molecule has 3 rings (SSSR count). The zero-order valence-corrected chi connectivity index (χ0v) is 11.4. The number of nitrogens with one attached hydrogen (secondary N) is 1. The van der Waals surface area contributed by atoms with Gasteiger partial charge in [-0.1, -0.05) is 6.92 Å². The molecular weight excluding hydrogens is 263 g/mol. The summed E-state index contributed by atoms with van der Waals surface area (Å²) in [6, 6.07) is 5.54. The van der Waals surface area contributed by atoms with E-state index in [1.54, 1.807) is 6.07 Å². The first-order chi connectivity index (χ1) is 9.24. The smallest absolute Gasteiger partial charge is 0.150 e. The molecule has 1 aromatic heterocycles. The third-order valence-electron chi connectivity index (χ3n) is 3.34. The fraction of sp³-hybridized carbons (Fsp3) is 0.385. The van der Waals surface area contributed by atoms with Gasteiger partial charge < -0.3 is 5.32 Å². The summed E-state index contributed by atoms with van der Waals surface area (Å²) in [6.45, 7) is 2.20. The van der Waals surface area contributed by atoms with Gasteiger partial charge in [-0.3, -0.25) is 0 Å². The van der Waals surface area contributed by atoms with Crippen molar-refractivity contribution < 1.29 is 4.39 Å². The standard InChI is InChI=1S/C13H15FN4S/c1-9-12(4-5-19-9)17-10-2-3-13(11(14)6-10)18-8-15-7-16-18/h2-3,6-9,12,17H,4-5H2,1H3. The highest BCUT2D eigenvalue weighted by atomic mass is 32.2. The van der Waals surface area contributed by atoms with Crippen molar-refractivity contribution >= 4 is 17.4 Å². The van der Waals surface area contributed by atoms with E-state index in [4.69, 9.17) is 0 Å². The third-order valence-corrected chi connectivity index (χ3v) is 4.67. The second kappa shape index (κ2) is 5.21. The Bertz CT molecular complexity index is 558. The lowest BCUT2D eigenvalue weighted by molar-refractivity contribution is 0.610. The molecule has 1 aliphatic heterocycles. The van der Waals surface area contributed by atoms with Gasteiger partial charge in [-0.15, -0.1) is 0 Å². The first kappa shape index (κ1) is 12.5. The maximum absolute atomic E-state index is 14.1. The summed E-state index contributed by atoms with van der Waals surface area (Å²) in [5.74, 6) is 0.868. The highest BCUT2D eigenvalue weighted by molar-refractivity contribution is 8.00. The number of rotatable bonds is 3. The van der Waals surface area contributed by atoms with Crippen LogP contribution in [-0.4, -0.2) is 31.8 Å². The minimum absolute atomic E-state index is 0.297. The summed E-state index contributed by atoms with van der Waals surface area (Å²) >= 11 is 1.95. The Labute approximate surface area is 115 Å². The molecule has 2 atom stereocenters. The van der Waals surface area contributed by atoms with Gasteiger partial charge in [-0.2, -0.15) is 16.9 Å². The average molecular weight is 278 g/mol. The molecule has 2 heterocycles. The SMILES string of the molecule is CC1SCCC1Nc1ccc(-n2cncn2)c(F)c1. The molecule has 1 aliphatic rings. The van der Waals surface area contributed by atoms with E-state index >= 15 is 0 Å². The quantitative estimate of drug-likeness (QED) is 0.937. The van der Waals surface area contributed by atoms with E-state index in [-0.39, 0.29) is 5.82 Å². The van der Waals surface area contributed by atoms with E-state index in [9.17, 15) is 4.39 Å². The zero-order valence-electron chi connectivity index (χ0n) is 10.6. The fourth-order valence-electron chi connectivity index (χ4n) is 2.25. The lowest BCUT2D eigenvalue weighted by Gasteiger charge is -2.18. The highest BCUT2D eigenvalue weighted by Gasteiger charge is 2.23. The molecular formula is C13H15FN4S. The number of nitrogens with zero attached hydrogens (tertiary/aromatic N) is 3. The van der Waals surface area contributed by atoms with Crippen molar-refractivity contribution in [1.29, 1.82) is 0 Å². The van der Waals surface area contributed by atoms with Gasteiger partial charge in [-0.05, 0) is 30.4 Å². The molecule has 1 aromatic carbocycles. The van der Waals surface area contributed by atoms with Crippen LogP contribution in [0.3, 0.4) is 0 Å². The Morgan fingerprint density at radius 2 is 2.37 bits per heavy atom. The van der Waals surface area contributed by atoms with Gasteiger partial charge in [-0.25, -0.2) is 14.1 Å². The van der Waals surface area contributed by atoms with Gasteiger partial charge in [0.15, 0.2) is 5.82 Å². The Kier molecular flexibility index (Phi) is 3.42. The number of anilines is 1. The highest BCUT2D eigenvalue weighted by Crippen LogP contribution is 2.29. The Morgan fingerprint density at radius 3 is 3.00 bits per heavy atom. The monoisotopic (exact) mass is 278 g/mol. The molecule has 2 aromatic rings. The van der Waals surface area contributed by atoms with E-state index in [0.717, 1.165) is 12.1 Å². The maximum atomic E-state index is 14.1. The van der Waals surface area contributed by atoms with Crippen molar-refractivity contribution in [3.8, 4) is 5.69 Å². The molecule has 0 radical (unpaired) electrons. The van der Waals surface area contributed by atoms with Crippen molar-refractivity contribution in [1.82, 2.24) is 14.8 Å². The van der Waals surface area contributed by atoms with Crippen LogP contribution in [0.1, 0.15) is 13.3 Å². The first-order valence-electron chi connectivity index (χ1n) is 6.27. The van der Waals surface area contributed by atoms with Gasteiger partial charge in [0.1, 0.15) is 18.3 Å². The first-order valence-corrected chi connectivity index (χ1v) is 7.31. The number of aromatic nitrogens is 3. The second-order valence-corrected chi connectivity index (χ2v) is 6.11. The van der Waals surface area contributed by atoms with E-state index in [2.05, 4.69) is 22.3 Å². The van der Waals surface area contributed by atoms with Crippen molar-refractivity contribution in [3.05, 3.63) is 36.7 Å². The molecule has 0 bridgehead atoms. The molecule has 0 spiro atoms. The molecule has 1 saturated heterocycles. The minimum Gasteiger partial charge on any atom is -0.381 e. The van der Waals surface area contributed by atoms with E-state index in [1.807, 2.05) is 17.8 Å². The van der Waals surface area contributed by atoms with Crippen LogP contribution in [0.4, 0.5) is 10.1 Å². The van der Waals surface area contributed by atoms with Crippen LogP contribution < -0.4 is 5.32 Å². The van der Waals surface area contributed by atoms with Crippen molar-refractivity contribution in [2.24, 2.45) is 0 Å². The molecule has 0 aliphatic carbocycles. The van der Waals surface area contributed by atoms with Crippen LogP contribution in [0, 0.1) is 5.82 Å². The lowest BCUT2D eigenvalue weighted by atomic mass is 10.1. The van der Waals surface area contributed by atoms with Crippen LogP contribution in [0.15, 0.2) is 30.9 Å². The number of thioether (sulfide) groups is 1. The normalized spacial score (nSPS) is 22.6. The van der Waals surface area contributed by atoms with Crippen molar-refractivity contribution in [3.63, 3.8) is 0 Å². The van der Waals surface area contributed by atoms with Crippen LogP contribution in [0.2, 0.25) is 0 Å². The number of halogens is 1. The van der Waals surface area contributed by atoms with Gasteiger partial charge >= 0.3 is 0 Å². The van der Waals surface area contributed by atoms with E-state index in [1.165, 1.54) is 29.2 Å². The predicted octanol–water partition coefficient (Wildman–Crippen LogP) is 2.71. The molecule has 0 amide bonds. The Hall–Kier alpha value is -1.56. The maximum Gasteiger partial charge on any atom is 0.150 e. The van der Waals surface area contributed by atoms with E-state index < -0.39 is 0 Å². The fourth-order valence-corrected chi connectivity index (χ4v) is 3.45. The predicted molar refractivity (Wildman–Crippen MR) is 75.3 cm³/mol. The van der Waals surface area contributed by atoms with Gasteiger partial charge in [0.25, 0.3) is 0 Å². The summed E-state index contributed by atoms with van der Waals surface area (Å²) in [7, 11) is 0. The Morgan fingerprint density at radius 1 is 1.47 bits per heavy atom. The molecule has 1 fully saturated rings. The van der Waals surface area contributed by atoms with Crippen LogP contribution in [0.25, 0.3) is 5.69 Å². The summed E-state index contributed by atoms with van der Waals surface area (Å²) in [5.41, 5.74) is 1.23. The number of hydrogen-bond donors (Lipinski definition) is 1. The lowest BCUT2D eigenvalue weighted by Crippen LogP contribution is -2.24. The number of hydrogen-bond acceptors (Lipinski definition) is 4. The number of benzene rings is 1. The molecule has 0 saturated carbocycles. The van der Waals surface area contributed by atoms with Crippen LogP contribution in [0.5, 0.6) is 0 Å². The zero-order chi connectivity index (χ0) is 13.2. The molecule has 19 heavy (non-hydrogen) atoms. The summed E-state index contributed by atoms with van der Waals surface area (Å²) < 4.78 is 15.5. The second-order valence-electron chi connectivity index (χ2n) is 4.62. The summed E-state index contributed by atoms with van der Waals surface area (Å²) in [4.78, 5) is 3.82. The van der Waals surface area contributed by atoms with Gasteiger partial charge in [0.2, 0.25) is 0 Å². The Balaban J connectivity index is 1.79. The topological polar surface area (TPSA) is 42.7 Å². The summed E-state index contributed by atoms with van der Waals surface area (Å²) in [5, 5.41) is 7.90. The van der Waals surface area contributed by atoms with Crippen molar-refractivity contribution in [2.45, 2.75) is 24.6 Å². The van der Waals surface area contributed by atoms with E-state index in [0.29, 0.717) is 17.0 Å². The molecule has 1 N–H and O–H groups in total. The molecule has 2 unspecified atom stereocenters. The summed E-state index contributed by atoms with van der Waals surface area (Å²) in [6.07, 6.45) is 4.00. The molecule has 100 valence electrons. The van der Waals surface area contributed by atoms with Gasteiger partial charge in [0.05, 0.1) is 0 Å².